The summed E-state index contributed by atoms with van der Waals surface area (Å²) in [6, 6.07) is 4.82. The first kappa shape index (κ1) is 18.4. The molecule has 0 aliphatic carbocycles. The van der Waals surface area contributed by atoms with Crippen LogP contribution in [0.5, 0.6) is 0 Å². The molecule has 1 amide bonds. The summed E-state index contributed by atoms with van der Waals surface area (Å²) in [7, 11) is -3.69. The van der Waals surface area contributed by atoms with Crippen molar-refractivity contribution < 1.29 is 17.8 Å². The number of benzene rings is 1. The fraction of sp³-hybridized carbons (Fsp3) is 0.611. The number of fused-ring (bicyclic) bond motifs is 1. The molecule has 0 spiro atoms. The molecule has 1 aromatic carbocycles. The first-order valence-corrected chi connectivity index (χ1v) is 11.0. The molecule has 27 heavy (non-hydrogen) atoms. The van der Waals surface area contributed by atoms with E-state index >= 15 is 0 Å². The van der Waals surface area contributed by atoms with Crippen LogP contribution in [0, 0.1) is 5.92 Å². The zero-order valence-electron chi connectivity index (χ0n) is 15.2. The number of aromatic nitrogens is 2. The normalized spacial score (nSPS) is 20.7. The third-order valence-corrected chi connectivity index (χ3v) is 7.52. The summed E-state index contributed by atoms with van der Waals surface area (Å²) < 4.78 is 32.2. The smallest absolute Gasteiger partial charge is 0.245 e. The summed E-state index contributed by atoms with van der Waals surface area (Å²) in [6.07, 6.45) is 5.61. The molecule has 0 radical (unpaired) electrons. The van der Waals surface area contributed by atoms with Crippen LogP contribution in [0.1, 0.15) is 38.5 Å². The lowest BCUT2D eigenvalue weighted by atomic mass is 9.96. The lowest BCUT2D eigenvalue weighted by Gasteiger charge is -2.33. The highest BCUT2D eigenvalue weighted by atomic mass is 32.2. The lowest BCUT2D eigenvalue weighted by molar-refractivity contribution is -0.136. The van der Waals surface area contributed by atoms with E-state index in [0.717, 1.165) is 25.9 Å². The summed E-state index contributed by atoms with van der Waals surface area (Å²) >= 11 is 0. The molecule has 2 aliphatic rings. The Hall–Kier alpha value is -2.00. The summed E-state index contributed by atoms with van der Waals surface area (Å²) in [6.45, 7) is 2.35. The lowest BCUT2D eigenvalue weighted by Crippen LogP contribution is -2.44. The third-order valence-electron chi connectivity index (χ3n) is 5.59. The highest BCUT2D eigenvalue weighted by Gasteiger charge is 2.35. The van der Waals surface area contributed by atoms with E-state index in [9.17, 15) is 13.2 Å². The third kappa shape index (κ3) is 3.58. The Kier molecular flexibility index (Phi) is 5.14. The van der Waals surface area contributed by atoms with Crippen molar-refractivity contribution in [2.75, 3.05) is 26.2 Å². The number of sulfonamides is 1. The molecule has 0 unspecified atom stereocenters. The maximum atomic E-state index is 13.0. The average Bonchev–Trinajstić information content (AvgIpc) is 3.01. The van der Waals surface area contributed by atoms with Gasteiger partial charge in [0, 0.05) is 32.1 Å². The molecule has 8 nitrogen and oxygen atoms in total. The molecule has 0 N–H and O–H groups in total. The van der Waals surface area contributed by atoms with Gasteiger partial charge in [-0.25, -0.2) is 13.0 Å². The number of nitrogens with zero attached hydrogens (tertiary/aromatic N) is 4. The van der Waals surface area contributed by atoms with Crippen molar-refractivity contribution >= 4 is 27.0 Å². The molecule has 9 heteroatoms. The number of likely N-dealkylation sites (tertiary alicyclic amines) is 1. The van der Waals surface area contributed by atoms with Gasteiger partial charge in [0.2, 0.25) is 15.9 Å². The molecule has 4 rings (SSSR count). The van der Waals surface area contributed by atoms with Crippen molar-refractivity contribution in [3.05, 3.63) is 18.2 Å². The topological polar surface area (TPSA) is 96.6 Å². The molecule has 2 saturated heterocycles. The van der Waals surface area contributed by atoms with Crippen LogP contribution in [-0.4, -0.2) is 60.0 Å². The van der Waals surface area contributed by atoms with Crippen LogP contribution in [0.2, 0.25) is 0 Å². The van der Waals surface area contributed by atoms with Crippen molar-refractivity contribution in [2.45, 2.75) is 43.4 Å². The van der Waals surface area contributed by atoms with Gasteiger partial charge in [-0.2, -0.15) is 4.31 Å². The molecular formula is C18H24N4O4S. The van der Waals surface area contributed by atoms with Crippen LogP contribution in [0.25, 0.3) is 11.0 Å². The molecule has 0 atom stereocenters. The minimum Gasteiger partial charge on any atom is -0.342 e. The average molecular weight is 392 g/mol. The fourth-order valence-corrected chi connectivity index (χ4v) is 5.63. The maximum Gasteiger partial charge on any atom is 0.245 e. The van der Waals surface area contributed by atoms with Crippen molar-refractivity contribution in [1.29, 1.82) is 0 Å². The van der Waals surface area contributed by atoms with Crippen molar-refractivity contribution in [3.63, 3.8) is 0 Å². The largest absolute Gasteiger partial charge is 0.342 e. The Morgan fingerprint density at radius 3 is 2.41 bits per heavy atom. The van der Waals surface area contributed by atoms with E-state index in [2.05, 4.69) is 14.9 Å². The van der Waals surface area contributed by atoms with E-state index in [4.69, 9.17) is 0 Å². The summed E-state index contributed by atoms with van der Waals surface area (Å²) in [5.74, 6) is 0.107. The maximum absolute atomic E-state index is 13.0. The van der Waals surface area contributed by atoms with E-state index in [1.165, 1.54) is 23.2 Å². The van der Waals surface area contributed by atoms with Gasteiger partial charge < -0.3 is 4.90 Å². The minimum absolute atomic E-state index is 0.0842. The number of hydrogen-bond acceptors (Lipinski definition) is 6. The van der Waals surface area contributed by atoms with Gasteiger partial charge in [0.1, 0.15) is 10.4 Å². The van der Waals surface area contributed by atoms with Gasteiger partial charge in [-0.05, 0) is 48.1 Å². The van der Waals surface area contributed by atoms with Crippen LogP contribution in [0.15, 0.2) is 27.7 Å². The van der Waals surface area contributed by atoms with E-state index in [-0.39, 0.29) is 22.2 Å². The van der Waals surface area contributed by atoms with Crippen LogP contribution < -0.4 is 0 Å². The number of piperidine rings is 1. The molecule has 0 bridgehead atoms. The van der Waals surface area contributed by atoms with E-state index < -0.39 is 10.0 Å². The highest BCUT2D eigenvalue weighted by molar-refractivity contribution is 7.89. The Balaban J connectivity index is 1.45. The van der Waals surface area contributed by atoms with Crippen molar-refractivity contribution in [1.82, 2.24) is 19.5 Å². The Morgan fingerprint density at radius 1 is 1.00 bits per heavy atom. The molecule has 0 saturated carbocycles. The van der Waals surface area contributed by atoms with Gasteiger partial charge in [0.05, 0.1) is 0 Å². The first-order chi connectivity index (χ1) is 13.1. The summed E-state index contributed by atoms with van der Waals surface area (Å²) in [5, 5.41) is 7.45. The Morgan fingerprint density at radius 2 is 1.70 bits per heavy atom. The van der Waals surface area contributed by atoms with Crippen molar-refractivity contribution in [3.8, 4) is 0 Å². The summed E-state index contributed by atoms with van der Waals surface area (Å²) in [4.78, 5) is 14.9. The standard InChI is InChI=1S/C18H24N4O4S/c23-18(21-10-3-1-2-4-11-21)14-8-12-22(13-9-14)27(24,25)16-7-5-6-15-17(16)20-26-19-15/h5-7,14H,1-4,8-13H2. The minimum atomic E-state index is -3.69. The van der Waals surface area contributed by atoms with Gasteiger partial charge in [0.25, 0.3) is 0 Å². The molecule has 2 aliphatic heterocycles. The van der Waals surface area contributed by atoms with Crippen LogP contribution in [0.4, 0.5) is 0 Å². The van der Waals surface area contributed by atoms with E-state index in [0.29, 0.717) is 31.4 Å². The predicted octanol–water partition coefficient (Wildman–Crippen LogP) is 2.03. The second-order valence-electron chi connectivity index (χ2n) is 7.31. The first-order valence-electron chi connectivity index (χ1n) is 9.57. The second kappa shape index (κ2) is 7.55. The zero-order chi connectivity index (χ0) is 18.9. The second-order valence-corrected chi connectivity index (χ2v) is 9.21. The molecule has 2 aromatic rings. The quantitative estimate of drug-likeness (QED) is 0.793. The SMILES string of the molecule is O=C(C1CCN(S(=O)(=O)c2cccc3nonc23)CC1)N1CCCCCC1. The van der Waals surface area contributed by atoms with Crippen LogP contribution in [-0.2, 0) is 14.8 Å². The predicted molar refractivity (Wildman–Crippen MR) is 98.3 cm³/mol. The van der Waals surface area contributed by atoms with Gasteiger partial charge in [-0.1, -0.05) is 18.9 Å². The van der Waals surface area contributed by atoms with Gasteiger partial charge in [-0.3, -0.25) is 4.79 Å². The highest BCUT2D eigenvalue weighted by Crippen LogP contribution is 2.28. The van der Waals surface area contributed by atoms with Crippen molar-refractivity contribution in [2.24, 2.45) is 5.92 Å². The number of rotatable bonds is 3. The van der Waals surface area contributed by atoms with Gasteiger partial charge in [-0.15, -0.1) is 0 Å². The molecule has 2 fully saturated rings. The Bertz CT molecular complexity index is 910. The number of hydrogen-bond donors (Lipinski definition) is 0. The molecular weight excluding hydrogens is 368 g/mol. The monoisotopic (exact) mass is 392 g/mol. The van der Waals surface area contributed by atoms with E-state index in [1.54, 1.807) is 12.1 Å². The summed E-state index contributed by atoms with van der Waals surface area (Å²) in [5.41, 5.74) is 0.669. The Labute approximate surface area is 158 Å². The fourth-order valence-electron chi connectivity index (χ4n) is 4.02. The van der Waals surface area contributed by atoms with Crippen LogP contribution in [0.3, 0.4) is 0 Å². The number of carbonyl (C=O) groups excluding carboxylic acids is 1. The zero-order valence-corrected chi connectivity index (χ0v) is 16.0. The van der Waals surface area contributed by atoms with Gasteiger partial charge in [0.15, 0.2) is 5.52 Å². The molecule has 1 aromatic heterocycles. The van der Waals surface area contributed by atoms with Gasteiger partial charge >= 0.3 is 0 Å². The number of carbonyl (C=O) groups is 1. The van der Waals surface area contributed by atoms with Crippen LogP contribution >= 0.6 is 0 Å². The number of amides is 1. The van der Waals surface area contributed by atoms with E-state index in [1.807, 2.05) is 4.90 Å². The molecule has 3 heterocycles. The molecule has 146 valence electrons.